The second-order valence-electron chi connectivity index (χ2n) is 4.24. The van der Waals surface area contributed by atoms with E-state index in [1.807, 2.05) is 0 Å². The SMILES string of the molecule is CCNCC1CCCC1CCSCC. The van der Waals surface area contributed by atoms with Gasteiger partial charge < -0.3 is 5.32 Å². The Bertz CT molecular complexity index is 138. The molecule has 1 fully saturated rings. The van der Waals surface area contributed by atoms with Gasteiger partial charge >= 0.3 is 0 Å². The van der Waals surface area contributed by atoms with Crippen molar-refractivity contribution in [1.29, 1.82) is 0 Å². The van der Waals surface area contributed by atoms with Crippen LogP contribution in [0.25, 0.3) is 0 Å². The molecule has 1 aliphatic carbocycles. The van der Waals surface area contributed by atoms with Gasteiger partial charge in [-0.05, 0) is 49.3 Å². The fourth-order valence-corrected chi connectivity index (χ4v) is 3.23. The summed E-state index contributed by atoms with van der Waals surface area (Å²) >= 11 is 2.10. The molecule has 0 heterocycles. The van der Waals surface area contributed by atoms with E-state index < -0.39 is 0 Å². The van der Waals surface area contributed by atoms with Gasteiger partial charge in [-0.3, -0.25) is 0 Å². The maximum atomic E-state index is 3.50. The van der Waals surface area contributed by atoms with Crippen molar-refractivity contribution in [3.05, 3.63) is 0 Å². The smallest absolute Gasteiger partial charge is 0.00180 e. The molecular weight excluding hydrogens is 190 g/mol. The molecule has 2 unspecified atom stereocenters. The van der Waals surface area contributed by atoms with Crippen molar-refractivity contribution in [1.82, 2.24) is 5.32 Å². The number of hydrogen-bond donors (Lipinski definition) is 1. The highest BCUT2D eigenvalue weighted by atomic mass is 32.2. The predicted octanol–water partition coefficient (Wildman–Crippen LogP) is 3.16. The van der Waals surface area contributed by atoms with Crippen LogP contribution >= 0.6 is 11.8 Å². The van der Waals surface area contributed by atoms with Gasteiger partial charge in [-0.2, -0.15) is 11.8 Å². The van der Waals surface area contributed by atoms with E-state index in [2.05, 4.69) is 30.9 Å². The Labute approximate surface area is 93.4 Å². The van der Waals surface area contributed by atoms with E-state index in [1.54, 1.807) is 0 Å². The Morgan fingerprint density at radius 1 is 1.21 bits per heavy atom. The first-order valence-electron chi connectivity index (χ1n) is 6.16. The van der Waals surface area contributed by atoms with Crippen molar-refractivity contribution in [2.24, 2.45) is 11.8 Å². The highest BCUT2D eigenvalue weighted by molar-refractivity contribution is 7.99. The second kappa shape index (κ2) is 7.58. The molecule has 0 aromatic carbocycles. The van der Waals surface area contributed by atoms with E-state index >= 15 is 0 Å². The normalized spacial score (nSPS) is 27.0. The maximum Gasteiger partial charge on any atom is -0.00180 e. The molecule has 14 heavy (non-hydrogen) atoms. The zero-order valence-corrected chi connectivity index (χ0v) is 10.5. The predicted molar refractivity (Wildman–Crippen MR) is 67.0 cm³/mol. The first-order valence-corrected chi connectivity index (χ1v) is 7.32. The quantitative estimate of drug-likeness (QED) is 0.655. The average molecular weight is 215 g/mol. The zero-order valence-electron chi connectivity index (χ0n) is 9.72. The molecule has 0 bridgehead atoms. The Morgan fingerprint density at radius 2 is 2.00 bits per heavy atom. The summed E-state index contributed by atoms with van der Waals surface area (Å²) in [4.78, 5) is 0. The van der Waals surface area contributed by atoms with Gasteiger partial charge in [0.15, 0.2) is 0 Å². The lowest BCUT2D eigenvalue weighted by molar-refractivity contribution is 0.363. The summed E-state index contributed by atoms with van der Waals surface area (Å²) in [5.41, 5.74) is 0. The summed E-state index contributed by atoms with van der Waals surface area (Å²) in [6, 6.07) is 0. The van der Waals surface area contributed by atoms with Gasteiger partial charge in [0.2, 0.25) is 0 Å². The topological polar surface area (TPSA) is 12.0 Å². The van der Waals surface area contributed by atoms with Gasteiger partial charge in [0.1, 0.15) is 0 Å². The number of thioether (sulfide) groups is 1. The Balaban J connectivity index is 2.14. The summed E-state index contributed by atoms with van der Waals surface area (Å²) < 4.78 is 0. The Morgan fingerprint density at radius 3 is 2.71 bits per heavy atom. The fourth-order valence-electron chi connectivity index (χ4n) is 2.47. The van der Waals surface area contributed by atoms with E-state index in [0.29, 0.717) is 0 Å². The highest BCUT2D eigenvalue weighted by Crippen LogP contribution is 2.34. The maximum absolute atomic E-state index is 3.50. The summed E-state index contributed by atoms with van der Waals surface area (Å²) in [5.74, 6) is 4.66. The Hall–Kier alpha value is 0.310. The van der Waals surface area contributed by atoms with Gasteiger partial charge in [-0.15, -0.1) is 0 Å². The molecule has 1 nitrogen and oxygen atoms in total. The zero-order chi connectivity index (χ0) is 10.2. The third-order valence-electron chi connectivity index (χ3n) is 3.31. The molecule has 1 rings (SSSR count). The van der Waals surface area contributed by atoms with Crippen molar-refractivity contribution in [3.63, 3.8) is 0 Å². The summed E-state index contributed by atoms with van der Waals surface area (Å²) in [5, 5.41) is 3.50. The van der Waals surface area contributed by atoms with Crippen LogP contribution in [0.5, 0.6) is 0 Å². The number of rotatable bonds is 7. The molecule has 0 aliphatic heterocycles. The molecule has 0 radical (unpaired) electrons. The minimum absolute atomic E-state index is 0.979. The van der Waals surface area contributed by atoms with Crippen molar-refractivity contribution in [2.45, 2.75) is 39.5 Å². The van der Waals surface area contributed by atoms with E-state index in [9.17, 15) is 0 Å². The largest absolute Gasteiger partial charge is 0.317 e. The van der Waals surface area contributed by atoms with Crippen LogP contribution in [0, 0.1) is 11.8 Å². The molecule has 2 atom stereocenters. The van der Waals surface area contributed by atoms with Gasteiger partial charge in [0, 0.05) is 0 Å². The van der Waals surface area contributed by atoms with Crippen molar-refractivity contribution < 1.29 is 0 Å². The molecule has 84 valence electrons. The standard InChI is InChI=1S/C12H25NS/c1-3-13-10-12-7-5-6-11(12)8-9-14-4-2/h11-13H,3-10H2,1-2H3. The van der Waals surface area contributed by atoms with Crippen LogP contribution in [0.15, 0.2) is 0 Å². The van der Waals surface area contributed by atoms with E-state index in [-0.39, 0.29) is 0 Å². The van der Waals surface area contributed by atoms with Crippen LogP contribution in [0.4, 0.5) is 0 Å². The van der Waals surface area contributed by atoms with Gasteiger partial charge in [0.25, 0.3) is 0 Å². The van der Waals surface area contributed by atoms with E-state index in [1.165, 1.54) is 43.7 Å². The molecule has 0 amide bonds. The van der Waals surface area contributed by atoms with Crippen molar-refractivity contribution in [2.75, 3.05) is 24.6 Å². The molecular formula is C12H25NS. The molecule has 0 saturated heterocycles. The lowest BCUT2D eigenvalue weighted by Crippen LogP contribution is -2.25. The van der Waals surface area contributed by atoms with Crippen LogP contribution in [0.3, 0.4) is 0 Å². The second-order valence-corrected chi connectivity index (χ2v) is 5.64. The number of nitrogens with one attached hydrogen (secondary N) is 1. The van der Waals surface area contributed by atoms with Crippen LogP contribution in [-0.4, -0.2) is 24.6 Å². The van der Waals surface area contributed by atoms with Crippen molar-refractivity contribution in [3.8, 4) is 0 Å². The van der Waals surface area contributed by atoms with Crippen LogP contribution < -0.4 is 5.32 Å². The third kappa shape index (κ3) is 4.22. The van der Waals surface area contributed by atoms with Crippen molar-refractivity contribution >= 4 is 11.8 Å². The van der Waals surface area contributed by atoms with E-state index in [4.69, 9.17) is 0 Å². The molecule has 1 aliphatic rings. The minimum atomic E-state index is 0.979. The van der Waals surface area contributed by atoms with Crippen LogP contribution in [0.1, 0.15) is 39.5 Å². The first kappa shape index (κ1) is 12.4. The number of hydrogen-bond acceptors (Lipinski definition) is 2. The van der Waals surface area contributed by atoms with Gasteiger partial charge in [-0.25, -0.2) is 0 Å². The summed E-state index contributed by atoms with van der Waals surface area (Å²) in [6.07, 6.45) is 5.88. The van der Waals surface area contributed by atoms with Crippen LogP contribution in [-0.2, 0) is 0 Å². The fraction of sp³-hybridized carbons (Fsp3) is 1.00. The molecule has 0 aromatic rings. The summed E-state index contributed by atoms with van der Waals surface area (Å²) in [6.45, 7) is 6.86. The van der Waals surface area contributed by atoms with Gasteiger partial charge in [0.05, 0.1) is 0 Å². The van der Waals surface area contributed by atoms with Crippen LogP contribution in [0.2, 0.25) is 0 Å². The molecule has 0 spiro atoms. The highest BCUT2D eigenvalue weighted by Gasteiger charge is 2.25. The molecule has 1 saturated carbocycles. The molecule has 1 N–H and O–H groups in total. The lowest BCUT2D eigenvalue weighted by Gasteiger charge is -2.19. The minimum Gasteiger partial charge on any atom is -0.317 e. The Kier molecular flexibility index (Phi) is 6.70. The molecule has 2 heteroatoms. The first-order chi connectivity index (χ1) is 6.88. The summed E-state index contributed by atoms with van der Waals surface area (Å²) in [7, 11) is 0. The molecule has 0 aromatic heterocycles. The monoisotopic (exact) mass is 215 g/mol. The lowest BCUT2D eigenvalue weighted by atomic mass is 9.93. The van der Waals surface area contributed by atoms with E-state index in [0.717, 1.165) is 18.4 Å². The third-order valence-corrected chi connectivity index (χ3v) is 4.24. The van der Waals surface area contributed by atoms with Gasteiger partial charge in [-0.1, -0.05) is 26.7 Å². The average Bonchev–Trinajstić information content (AvgIpc) is 2.63.